The van der Waals surface area contributed by atoms with Gasteiger partial charge in [0.2, 0.25) is 0 Å². The van der Waals surface area contributed by atoms with Gasteiger partial charge < -0.3 is 0 Å². The SMILES string of the molecule is CC=Cc1ccccc1C(C)(C)Cl. The summed E-state index contributed by atoms with van der Waals surface area (Å²) in [6.45, 7) is 6.03. The predicted molar refractivity (Wildman–Crippen MR) is 60.0 cm³/mol. The molecule has 0 spiro atoms. The Kier molecular flexibility index (Phi) is 3.16. The summed E-state index contributed by atoms with van der Waals surface area (Å²) in [5.41, 5.74) is 2.37. The van der Waals surface area contributed by atoms with E-state index in [-0.39, 0.29) is 4.87 Å². The smallest absolute Gasteiger partial charge is 0.0644 e. The van der Waals surface area contributed by atoms with E-state index in [9.17, 15) is 0 Å². The van der Waals surface area contributed by atoms with Crippen LogP contribution in [0.15, 0.2) is 30.3 Å². The highest BCUT2D eigenvalue weighted by Crippen LogP contribution is 2.30. The zero-order chi connectivity index (χ0) is 9.90. The van der Waals surface area contributed by atoms with Crippen molar-refractivity contribution >= 4 is 17.7 Å². The molecule has 0 fully saturated rings. The van der Waals surface area contributed by atoms with Crippen LogP contribution in [0.4, 0.5) is 0 Å². The van der Waals surface area contributed by atoms with Gasteiger partial charge in [-0.2, -0.15) is 0 Å². The van der Waals surface area contributed by atoms with Crippen molar-refractivity contribution in [2.45, 2.75) is 25.6 Å². The monoisotopic (exact) mass is 194 g/mol. The molecule has 0 aliphatic heterocycles. The van der Waals surface area contributed by atoms with Gasteiger partial charge >= 0.3 is 0 Å². The Hall–Kier alpha value is -0.750. The van der Waals surface area contributed by atoms with Crippen molar-refractivity contribution in [3.8, 4) is 0 Å². The second kappa shape index (κ2) is 3.97. The van der Waals surface area contributed by atoms with Crippen molar-refractivity contribution in [3.05, 3.63) is 41.5 Å². The lowest BCUT2D eigenvalue weighted by molar-refractivity contribution is 0.764. The van der Waals surface area contributed by atoms with Crippen molar-refractivity contribution in [3.63, 3.8) is 0 Å². The van der Waals surface area contributed by atoms with Crippen LogP contribution in [-0.2, 0) is 4.87 Å². The van der Waals surface area contributed by atoms with Crippen LogP contribution in [-0.4, -0.2) is 0 Å². The van der Waals surface area contributed by atoms with E-state index in [0.717, 1.165) is 0 Å². The molecule has 0 heterocycles. The highest BCUT2D eigenvalue weighted by Gasteiger charge is 2.18. The fraction of sp³-hybridized carbons (Fsp3) is 0.333. The van der Waals surface area contributed by atoms with Crippen molar-refractivity contribution in [2.24, 2.45) is 0 Å². The summed E-state index contributed by atoms with van der Waals surface area (Å²) in [6.07, 6.45) is 4.11. The van der Waals surface area contributed by atoms with Crippen LogP contribution in [0.1, 0.15) is 31.9 Å². The second-order valence-electron chi connectivity index (χ2n) is 3.56. The standard InChI is InChI=1S/C12H15Cl/c1-4-7-10-8-5-6-9-11(10)12(2,3)13/h4-9H,1-3H3. The normalized spacial score (nSPS) is 12.3. The van der Waals surface area contributed by atoms with Gasteiger partial charge in [0.1, 0.15) is 0 Å². The van der Waals surface area contributed by atoms with Gasteiger partial charge in [-0.15, -0.1) is 11.6 Å². The number of hydrogen-bond acceptors (Lipinski definition) is 0. The van der Waals surface area contributed by atoms with Gasteiger partial charge in [-0.25, -0.2) is 0 Å². The number of allylic oxidation sites excluding steroid dienone is 1. The first-order chi connectivity index (χ1) is 6.05. The summed E-state index contributed by atoms with van der Waals surface area (Å²) >= 11 is 6.27. The van der Waals surface area contributed by atoms with Crippen LogP contribution in [0.3, 0.4) is 0 Å². The molecule has 0 bridgehead atoms. The Morgan fingerprint density at radius 2 is 1.85 bits per heavy atom. The van der Waals surface area contributed by atoms with Gasteiger partial charge in [-0.05, 0) is 31.9 Å². The van der Waals surface area contributed by atoms with Crippen LogP contribution in [0.25, 0.3) is 6.08 Å². The minimum atomic E-state index is -0.296. The lowest BCUT2D eigenvalue weighted by atomic mass is 9.96. The van der Waals surface area contributed by atoms with E-state index >= 15 is 0 Å². The third-order valence-electron chi connectivity index (χ3n) is 1.95. The van der Waals surface area contributed by atoms with E-state index < -0.39 is 0 Å². The zero-order valence-electron chi connectivity index (χ0n) is 8.34. The summed E-state index contributed by atoms with van der Waals surface area (Å²) in [5, 5.41) is 0. The molecule has 0 saturated carbocycles. The maximum atomic E-state index is 6.27. The fourth-order valence-electron chi connectivity index (χ4n) is 1.36. The third kappa shape index (κ3) is 2.60. The molecule has 0 amide bonds. The number of alkyl halides is 1. The van der Waals surface area contributed by atoms with E-state index in [1.54, 1.807) is 0 Å². The van der Waals surface area contributed by atoms with Gasteiger partial charge in [0.05, 0.1) is 4.87 Å². The molecule has 0 atom stereocenters. The van der Waals surface area contributed by atoms with Crippen molar-refractivity contribution in [2.75, 3.05) is 0 Å². The Balaban J connectivity index is 3.20. The molecule has 0 nitrogen and oxygen atoms in total. The number of hydrogen-bond donors (Lipinski definition) is 0. The van der Waals surface area contributed by atoms with Gasteiger partial charge in [0.25, 0.3) is 0 Å². The van der Waals surface area contributed by atoms with Crippen molar-refractivity contribution < 1.29 is 0 Å². The third-order valence-corrected chi connectivity index (χ3v) is 2.15. The highest BCUT2D eigenvalue weighted by atomic mass is 35.5. The highest BCUT2D eigenvalue weighted by molar-refractivity contribution is 6.23. The van der Waals surface area contributed by atoms with E-state index in [2.05, 4.69) is 18.2 Å². The number of halogens is 1. The Labute approximate surface area is 85.2 Å². The lowest BCUT2D eigenvalue weighted by Crippen LogP contribution is -2.09. The second-order valence-corrected chi connectivity index (χ2v) is 4.50. The summed E-state index contributed by atoms with van der Waals surface area (Å²) in [6, 6.07) is 8.20. The molecule has 1 rings (SSSR count). The zero-order valence-corrected chi connectivity index (χ0v) is 9.10. The molecule has 70 valence electrons. The maximum Gasteiger partial charge on any atom is 0.0644 e. The molecule has 0 N–H and O–H groups in total. The maximum absolute atomic E-state index is 6.27. The van der Waals surface area contributed by atoms with Crippen LogP contribution in [0.5, 0.6) is 0 Å². The van der Waals surface area contributed by atoms with Crippen LogP contribution < -0.4 is 0 Å². The summed E-state index contributed by atoms with van der Waals surface area (Å²) in [7, 11) is 0. The van der Waals surface area contributed by atoms with Crippen LogP contribution >= 0.6 is 11.6 Å². The molecule has 0 unspecified atom stereocenters. The van der Waals surface area contributed by atoms with Crippen molar-refractivity contribution in [1.82, 2.24) is 0 Å². The molecule has 0 aromatic heterocycles. The molecule has 0 aliphatic carbocycles. The number of rotatable bonds is 2. The first kappa shape index (κ1) is 10.3. The minimum absolute atomic E-state index is 0.296. The molecular weight excluding hydrogens is 180 g/mol. The molecule has 13 heavy (non-hydrogen) atoms. The Morgan fingerprint density at radius 3 is 2.38 bits per heavy atom. The average molecular weight is 195 g/mol. The Morgan fingerprint density at radius 1 is 1.23 bits per heavy atom. The van der Waals surface area contributed by atoms with Gasteiger partial charge in [-0.3, -0.25) is 0 Å². The Bertz CT molecular complexity index is 305. The molecule has 1 aromatic carbocycles. The molecule has 1 heteroatoms. The van der Waals surface area contributed by atoms with E-state index in [1.807, 2.05) is 39.0 Å². The van der Waals surface area contributed by atoms with Crippen molar-refractivity contribution in [1.29, 1.82) is 0 Å². The average Bonchev–Trinajstić information content (AvgIpc) is 2.04. The summed E-state index contributed by atoms with van der Waals surface area (Å²) in [4.78, 5) is -0.296. The fourth-order valence-corrected chi connectivity index (χ4v) is 1.54. The molecule has 0 radical (unpaired) electrons. The van der Waals surface area contributed by atoms with E-state index in [0.29, 0.717) is 0 Å². The largest absolute Gasteiger partial charge is 0.115 e. The summed E-state index contributed by atoms with van der Waals surface area (Å²) in [5.74, 6) is 0. The quantitative estimate of drug-likeness (QED) is 0.620. The first-order valence-electron chi connectivity index (χ1n) is 4.47. The number of benzene rings is 1. The van der Waals surface area contributed by atoms with Gasteiger partial charge in [0.15, 0.2) is 0 Å². The van der Waals surface area contributed by atoms with Crippen LogP contribution in [0, 0.1) is 0 Å². The lowest BCUT2D eigenvalue weighted by Gasteiger charge is -2.18. The van der Waals surface area contributed by atoms with E-state index in [4.69, 9.17) is 11.6 Å². The van der Waals surface area contributed by atoms with Gasteiger partial charge in [0, 0.05) is 0 Å². The molecule has 0 saturated heterocycles. The molecular formula is C12H15Cl. The van der Waals surface area contributed by atoms with Gasteiger partial charge in [-0.1, -0.05) is 36.4 Å². The first-order valence-corrected chi connectivity index (χ1v) is 4.84. The van der Waals surface area contributed by atoms with Crippen LogP contribution in [0.2, 0.25) is 0 Å². The van der Waals surface area contributed by atoms with E-state index in [1.165, 1.54) is 11.1 Å². The topological polar surface area (TPSA) is 0 Å². The molecule has 1 aromatic rings. The predicted octanol–water partition coefficient (Wildman–Crippen LogP) is 4.19. The minimum Gasteiger partial charge on any atom is -0.115 e. The summed E-state index contributed by atoms with van der Waals surface area (Å²) < 4.78 is 0. The molecule has 0 aliphatic rings.